The first-order valence-corrected chi connectivity index (χ1v) is 6.18. The SMILES string of the molecule is CC1(C)CC(c2ccc(Br)s2)CN1. The van der Waals surface area contributed by atoms with Gasteiger partial charge < -0.3 is 5.32 Å². The maximum Gasteiger partial charge on any atom is 0.0701 e. The molecule has 1 aliphatic heterocycles. The lowest BCUT2D eigenvalue weighted by Gasteiger charge is -2.16. The van der Waals surface area contributed by atoms with Gasteiger partial charge in [0.1, 0.15) is 0 Å². The molecule has 0 spiro atoms. The van der Waals surface area contributed by atoms with Crippen molar-refractivity contribution in [3.63, 3.8) is 0 Å². The number of halogens is 1. The van der Waals surface area contributed by atoms with Crippen molar-refractivity contribution in [3.05, 3.63) is 20.8 Å². The summed E-state index contributed by atoms with van der Waals surface area (Å²) in [5.74, 6) is 0.714. The van der Waals surface area contributed by atoms with Gasteiger partial charge in [0, 0.05) is 22.9 Å². The molecule has 1 aliphatic rings. The van der Waals surface area contributed by atoms with Gasteiger partial charge in [0.2, 0.25) is 0 Å². The first-order chi connectivity index (χ1) is 6.07. The van der Waals surface area contributed by atoms with Crippen LogP contribution in [0.5, 0.6) is 0 Å². The van der Waals surface area contributed by atoms with E-state index in [9.17, 15) is 0 Å². The molecule has 0 aliphatic carbocycles. The second-order valence-corrected chi connectivity index (χ2v) is 6.80. The summed E-state index contributed by atoms with van der Waals surface area (Å²) in [7, 11) is 0. The third-order valence-corrected chi connectivity index (χ3v) is 4.37. The third kappa shape index (κ3) is 2.14. The Morgan fingerprint density at radius 1 is 1.54 bits per heavy atom. The Balaban J connectivity index is 2.12. The van der Waals surface area contributed by atoms with Gasteiger partial charge in [0.25, 0.3) is 0 Å². The van der Waals surface area contributed by atoms with E-state index in [1.165, 1.54) is 15.1 Å². The molecule has 1 saturated heterocycles. The standard InChI is InChI=1S/C10H14BrNS/c1-10(2)5-7(6-12-10)8-3-4-9(11)13-8/h3-4,7,12H,5-6H2,1-2H3. The van der Waals surface area contributed by atoms with Crippen molar-refractivity contribution < 1.29 is 0 Å². The number of rotatable bonds is 1. The minimum atomic E-state index is 0.321. The molecule has 1 fully saturated rings. The predicted molar refractivity (Wildman–Crippen MR) is 61.5 cm³/mol. The lowest BCUT2D eigenvalue weighted by molar-refractivity contribution is 0.456. The highest BCUT2D eigenvalue weighted by Gasteiger charge is 2.31. The Hall–Kier alpha value is 0.140. The zero-order chi connectivity index (χ0) is 9.47. The number of hydrogen-bond donors (Lipinski definition) is 1. The molecule has 1 aromatic heterocycles. The van der Waals surface area contributed by atoms with Gasteiger partial charge in [0.15, 0.2) is 0 Å². The van der Waals surface area contributed by atoms with Crippen LogP contribution in [0, 0.1) is 0 Å². The van der Waals surface area contributed by atoms with E-state index >= 15 is 0 Å². The van der Waals surface area contributed by atoms with Crippen molar-refractivity contribution in [1.82, 2.24) is 5.32 Å². The van der Waals surface area contributed by atoms with Gasteiger partial charge in [-0.2, -0.15) is 0 Å². The second-order valence-electron chi connectivity index (χ2n) is 4.31. The van der Waals surface area contributed by atoms with E-state index in [-0.39, 0.29) is 0 Å². The van der Waals surface area contributed by atoms with Crippen LogP contribution in [0.25, 0.3) is 0 Å². The zero-order valence-electron chi connectivity index (χ0n) is 7.93. The molecule has 0 radical (unpaired) electrons. The van der Waals surface area contributed by atoms with Gasteiger partial charge in [0.05, 0.1) is 3.79 Å². The predicted octanol–water partition coefficient (Wildman–Crippen LogP) is 3.37. The molecule has 2 heterocycles. The van der Waals surface area contributed by atoms with Crippen molar-refractivity contribution >= 4 is 27.3 Å². The molecule has 0 amide bonds. The second kappa shape index (κ2) is 3.37. The van der Waals surface area contributed by atoms with E-state index in [0.29, 0.717) is 11.5 Å². The maximum atomic E-state index is 3.55. The molecule has 0 bridgehead atoms. The molecule has 3 heteroatoms. The summed E-state index contributed by atoms with van der Waals surface area (Å²) in [5, 5.41) is 3.55. The van der Waals surface area contributed by atoms with E-state index in [0.717, 1.165) is 6.54 Å². The Labute approximate surface area is 91.7 Å². The van der Waals surface area contributed by atoms with Crippen LogP contribution in [0.4, 0.5) is 0 Å². The molecule has 1 atom stereocenters. The van der Waals surface area contributed by atoms with Crippen molar-refractivity contribution in [2.75, 3.05) is 6.54 Å². The number of nitrogens with one attached hydrogen (secondary N) is 1. The van der Waals surface area contributed by atoms with E-state index in [4.69, 9.17) is 0 Å². The molecule has 1 nitrogen and oxygen atoms in total. The highest BCUT2D eigenvalue weighted by atomic mass is 79.9. The molecule has 2 rings (SSSR count). The van der Waals surface area contributed by atoms with Crippen LogP contribution in [0.3, 0.4) is 0 Å². The fourth-order valence-corrected chi connectivity index (χ4v) is 3.43. The minimum Gasteiger partial charge on any atom is -0.311 e. The third-order valence-electron chi connectivity index (χ3n) is 2.58. The van der Waals surface area contributed by atoms with Crippen LogP contribution in [0.2, 0.25) is 0 Å². The van der Waals surface area contributed by atoms with Crippen LogP contribution >= 0.6 is 27.3 Å². The quantitative estimate of drug-likeness (QED) is 0.816. The van der Waals surface area contributed by atoms with Crippen molar-refractivity contribution in [3.8, 4) is 0 Å². The van der Waals surface area contributed by atoms with Gasteiger partial charge >= 0.3 is 0 Å². The van der Waals surface area contributed by atoms with E-state index in [2.05, 4.69) is 47.2 Å². The average molecular weight is 260 g/mol. The van der Waals surface area contributed by atoms with Gasteiger partial charge in [-0.05, 0) is 48.3 Å². The summed E-state index contributed by atoms with van der Waals surface area (Å²) in [6, 6.07) is 4.38. The fourth-order valence-electron chi connectivity index (χ4n) is 1.91. The molecule has 1 N–H and O–H groups in total. The Morgan fingerprint density at radius 2 is 2.31 bits per heavy atom. The minimum absolute atomic E-state index is 0.321. The highest BCUT2D eigenvalue weighted by Crippen LogP contribution is 2.36. The lowest BCUT2D eigenvalue weighted by Crippen LogP contribution is -2.31. The summed E-state index contributed by atoms with van der Waals surface area (Å²) < 4.78 is 1.24. The van der Waals surface area contributed by atoms with Gasteiger partial charge in [-0.25, -0.2) is 0 Å². The van der Waals surface area contributed by atoms with Gasteiger partial charge in [-0.15, -0.1) is 11.3 Å². The Morgan fingerprint density at radius 3 is 2.77 bits per heavy atom. The highest BCUT2D eigenvalue weighted by molar-refractivity contribution is 9.11. The van der Waals surface area contributed by atoms with Crippen molar-refractivity contribution in [1.29, 1.82) is 0 Å². The Kier molecular flexibility index (Phi) is 2.51. The average Bonchev–Trinajstić information content (AvgIpc) is 2.56. The van der Waals surface area contributed by atoms with Crippen LogP contribution in [-0.2, 0) is 0 Å². The Bertz CT molecular complexity index is 306. The molecule has 1 aromatic rings. The summed E-state index contributed by atoms with van der Waals surface area (Å²) in [5.41, 5.74) is 0.321. The summed E-state index contributed by atoms with van der Waals surface area (Å²) in [6.45, 7) is 5.67. The van der Waals surface area contributed by atoms with Crippen LogP contribution in [-0.4, -0.2) is 12.1 Å². The molecule has 13 heavy (non-hydrogen) atoms. The van der Waals surface area contributed by atoms with Crippen molar-refractivity contribution in [2.45, 2.75) is 31.7 Å². The molecule has 1 unspecified atom stereocenters. The normalized spacial score (nSPS) is 26.5. The van der Waals surface area contributed by atoms with Crippen LogP contribution in [0.15, 0.2) is 15.9 Å². The van der Waals surface area contributed by atoms with Gasteiger partial charge in [-0.3, -0.25) is 0 Å². The van der Waals surface area contributed by atoms with E-state index in [1.807, 2.05) is 11.3 Å². The van der Waals surface area contributed by atoms with Crippen molar-refractivity contribution in [2.24, 2.45) is 0 Å². The fraction of sp³-hybridized carbons (Fsp3) is 0.600. The summed E-state index contributed by atoms with van der Waals surface area (Å²) >= 11 is 5.37. The number of thiophene rings is 1. The van der Waals surface area contributed by atoms with Crippen LogP contribution < -0.4 is 5.32 Å². The van der Waals surface area contributed by atoms with Gasteiger partial charge in [-0.1, -0.05) is 0 Å². The van der Waals surface area contributed by atoms with Crippen LogP contribution in [0.1, 0.15) is 31.1 Å². The van der Waals surface area contributed by atoms with E-state index in [1.54, 1.807) is 0 Å². The maximum absolute atomic E-state index is 3.55. The molecule has 0 aromatic carbocycles. The molecular weight excluding hydrogens is 246 g/mol. The largest absolute Gasteiger partial charge is 0.311 e. The monoisotopic (exact) mass is 259 g/mol. The lowest BCUT2D eigenvalue weighted by atomic mass is 9.96. The molecule has 0 saturated carbocycles. The summed E-state index contributed by atoms with van der Waals surface area (Å²) in [4.78, 5) is 1.50. The summed E-state index contributed by atoms with van der Waals surface area (Å²) in [6.07, 6.45) is 1.25. The number of hydrogen-bond acceptors (Lipinski definition) is 2. The molecular formula is C10H14BrNS. The smallest absolute Gasteiger partial charge is 0.0701 e. The first kappa shape index (κ1) is 9.69. The topological polar surface area (TPSA) is 12.0 Å². The zero-order valence-corrected chi connectivity index (χ0v) is 10.3. The first-order valence-electron chi connectivity index (χ1n) is 4.57. The van der Waals surface area contributed by atoms with E-state index < -0.39 is 0 Å². The molecule has 72 valence electrons.